The number of rotatable bonds is 5. The summed E-state index contributed by atoms with van der Waals surface area (Å²) in [6.07, 6.45) is 2.68. The van der Waals surface area contributed by atoms with Gasteiger partial charge in [-0.1, -0.05) is 18.0 Å². The van der Waals surface area contributed by atoms with Crippen molar-refractivity contribution in [3.8, 4) is 0 Å². The molecule has 99 valence electrons. The van der Waals surface area contributed by atoms with E-state index in [1.807, 2.05) is 13.8 Å². The molecule has 0 aliphatic carbocycles. The molecule has 0 aromatic heterocycles. The number of carbonyl (C=O) groups excluding carboxylic acids is 1. The number of nitrogens with zero attached hydrogens (tertiary/aromatic N) is 1. The number of hydrogen-bond donors (Lipinski definition) is 0. The van der Waals surface area contributed by atoms with Crippen molar-refractivity contribution in [2.45, 2.75) is 37.9 Å². The Morgan fingerprint density at radius 3 is 3.06 bits per heavy atom. The van der Waals surface area contributed by atoms with Gasteiger partial charge in [0.25, 0.3) is 0 Å². The lowest BCUT2D eigenvalue weighted by Gasteiger charge is -2.31. The van der Waals surface area contributed by atoms with E-state index in [-0.39, 0.29) is 24.2 Å². The minimum atomic E-state index is -0.646. The number of carbonyl (C=O) groups is 1. The molecule has 2 rings (SSSR count). The lowest BCUT2D eigenvalue weighted by molar-refractivity contribution is -0.151. The summed E-state index contributed by atoms with van der Waals surface area (Å²) in [5.41, 5.74) is 0. The van der Waals surface area contributed by atoms with Crippen LogP contribution < -0.4 is 0 Å². The topological polar surface area (TPSA) is 48.0 Å². The Morgan fingerprint density at radius 2 is 2.56 bits per heavy atom. The summed E-state index contributed by atoms with van der Waals surface area (Å²) in [4.78, 5) is 13.2. The highest BCUT2D eigenvalue weighted by molar-refractivity contribution is 8.15. The lowest BCUT2D eigenvalue weighted by Crippen LogP contribution is -2.47. The molecule has 7 heteroatoms. The molecular formula is C11H17BNO4S. The standard InChI is InChI=1S/C11H17BNO4S/c1-11(2)15-6-8(16-11)10(17-18-12)7-4-5-9(14)13(7)3/h4-5,7-8,10,12H,6H2,1-3H3/t7-,8-,10+/m1/s1/i12T. The molecule has 2 heterocycles. The van der Waals surface area contributed by atoms with E-state index in [9.17, 15) is 4.79 Å². The molecule has 2 aliphatic rings. The Morgan fingerprint density at radius 1 is 1.78 bits per heavy atom. The highest BCUT2D eigenvalue weighted by Gasteiger charge is 2.43. The molecule has 0 saturated carbocycles. The normalized spacial score (nSPS) is 32.7. The second-order valence-corrected chi connectivity index (χ2v) is 5.21. The lowest BCUT2D eigenvalue weighted by atomic mass is 10.1. The van der Waals surface area contributed by atoms with Crippen LogP contribution in [0, 0.1) is 0 Å². The van der Waals surface area contributed by atoms with Crippen LogP contribution in [-0.2, 0) is 18.5 Å². The number of hydrogen-bond acceptors (Lipinski definition) is 5. The predicted molar refractivity (Wildman–Crippen MR) is 70.2 cm³/mol. The molecule has 2 aliphatic heterocycles. The fourth-order valence-electron chi connectivity index (χ4n) is 2.18. The molecule has 0 spiro atoms. The van der Waals surface area contributed by atoms with E-state index >= 15 is 0 Å². The van der Waals surface area contributed by atoms with E-state index in [2.05, 4.69) is 0 Å². The third-order valence-electron chi connectivity index (χ3n) is 3.13. The molecule has 1 fully saturated rings. The zero-order valence-corrected chi connectivity index (χ0v) is 11.5. The maximum absolute atomic E-state index is 11.6. The Hall–Kier alpha value is -0.495. The van der Waals surface area contributed by atoms with Gasteiger partial charge in [-0.05, 0) is 15.2 Å². The SMILES string of the molecule is [3H][B]SO[C@@H]([C@H]1C=CC(=O)N1C)[C@H]1COC(C)(C)O1. The van der Waals surface area contributed by atoms with Crippen molar-refractivity contribution in [3.05, 3.63) is 12.2 Å². The van der Waals surface area contributed by atoms with E-state index in [0.717, 1.165) is 19.0 Å². The van der Waals surface area contributed by atoms with Crippen molar-refractivity contribution in [1.29, 1.82) is 1.34 Å². The van der Waals surface area contributed by atoms with Crippen LogP contribution in [-0.4, -0.2) is 56.9 Å². The second kappa shape index (κ2) is 5.24. The van der Waals surface area contributed by atoms with Gasteiger partial charge in [0.15, 0.2) is 5.79 Å². The highest BCUT2D eigenvalue weighted by Crippen LogP contribution is 2.30. The molecule has 1 amide bonds. The molecule has 0 aromatic carbocycles. The van der Waals surface area contributed by atoms with Crippen LogP contribution in [0.1, 0.15) is 13.8 Å². The molecule has 0 N–H and O–H groups in total. The number of likely N-dealkylation sites (N-methyl/N-ethyl adjacent to an activating group) is 1. The third kappa shape index (κ3) is 2.74. The third-order valence-corrected chi connectivity index (χ3v) is 3.46. The summed E-state index contributed by atoms with van der Waals surface area (Å²) in [5.74, 6) is -0.705. The first kappa shape index (κ1) is 12.5. The van der Waals surface area contributed by atoms with Crippen LogP contribution >= 0.6 is 11.9 Å². The van der Waals surface area contributed by atoms with E-state index in [1.54, 1.807) is 18.0 Å². The van der Waals surface area contributed by atoms with Gasteiger partial charge in [0.1, 0.15) is 12.2 Å². The maximum Gasteiger partial charge on any atom is 0.246 e. The average molecular weight is 272 g/mol. The van der Waals surface area contributed by atoms with E-state index < -0.39 is 5.79 Å². The van der Waals surface area contributed by atoms with Crippen molar-refractivity contribution < 1.29 is 18.5 Å². The van der Waals surface area contributed by atoms with Gasteiger partial charge in [-0.3, -0.25) is 4.79 Å². The summed E-state index contributed by atoms with van der Waals surface area (Å²) < 4.78 is 24.0. The molecule has 3 atom stereocenters. The zero-order chi connectivity index (χ0) is 14.0. The van der Waals surface area contributed by atoms with Crippen molar-refractivity contribution in [2.24, 2.45) is 0 Å². The first-order valence-corrected chi connectivity index (χ1v) is 6.54. The van der Waals surface area contributed by atoms with Gasteiger partial charge < -0.3 is 18.6 Å². The quantitative estimate of drug-likeness (QED) is 0.535. The minimum Gasteiger partial charge on any atom is -0.348 e. The first-order chi connectivity index (χ1) is 8.94. The molecule has 1 saturated heterocycles. The van der Waals surface area contributed by atoms with E-state index in [0.29, 0.717) is 6.61 Å². The Balaban J connectivity index is 2.08. The fourth-order valence-corrected chi connectivity index (χ4v) is 2.55. The van der Waals surface area contributed by atoms with Crippen molar-refractivity contribution in [2.75, 3.05) is 13.7 Å². The summed E-state index contributed by atoms with van der Waals surface area (Å²) >= 11 is 0.928. The van der Waals surface area contributed by atoms with Crippen LogP contribution in [0.25, 0.3) is 0 Å². The van der Waals surface area contributed by atoms with Gasteiger partial charge in [-0.25, -0.2) is 0 Å². The van der Waals surface area contributed by atoms with Crippen LogP contribution in [0.2, 0.25) is 0 Å². The van der Waals surface area contributed by atoms with E-state index in [4.69, 9.17) is 15.0 Å². The molecule has 1 radical (unpaired) electrons. The molecule has 0 bridgehead atoms. The monoisotopic (exact) mass is 272 g/mol. The molecule has 0 aromatic rings. The molecule has 5 nitrogen and oxygen atoms in total. The average Bonchev–Trinajstić information content (AvgIpc) is 2.86. The van der Waals surface area contributed by atoms with E-state index in [1.165, 1.54) is 6.08 Å². The van der Waals surface area contributed by atoms with Gasteiger partial charge in [-0.2, -0.15) is 0 Å². The van der Waals surface area contributed by atoms with Crippen LogP contribution in [0.3, 0.4) is 0 Å². The van der Waals surface area contributed by atoms with Gasteiger partial charge in [0.05, 0.1) is 12.6 Å². The van der Waals surface area contributed by atoms with Gasteiger partial charge >= 0.3 is 0 Å². The number of amides is 1. The minimum absolute atomic E-state index is 0.0587. The van der Waals surface area contributed by atoms with Crippen LogP contribution in [0.5, 0.6) is 0 Å². The van der Waals surface area contributed by atoms with Crippen molar-refractivity contribution in [3.63, 3.8) is 0 Å². The number of ether oxygens (including phenoxy) is 2. The maximum atomic E-state index is 11.6. The first-order valence-electron chi connectivity index (χ1n) is 6.31. The Kier molecular flexibility index (Phi) is 3.65. The van der Waals surface area contributed by atoms with Crippen molar-refractivity contribution >= 4 is 24.9 Å². The smallest absolute Gasteiger partial charge is 0.246 e. The predicted octanol–water partition coefficient (Wildman–Crippen LogP) is 0.384. The summed E-state index contributed by atoms with van der Waals surface area (Å²) in [6.45, 7) is 4.09. The summed E-state index contributed by atoms with van der Waals surface area (Å²) in [7, 11) is 2.83. The molecular weight excluding hydrogens is 253 g/mol. The Labute approximate surface area is 114 Å². The summed E-state index contributed by atoms with van der Waals surface area (Å²) in [5, 5.41) is 0. The van der Waals surface area contributed by atoms with Crippen molar-refractivity contribution in [1.82, 2.24) is 4.90 Å². The largest absolute Gasteiger partial charge is 0.348 e. The van der Waals surface area contributed by atoms with Crippen LogP contribution in [0.15, 0.2) is 12.2 Å². The van der Waals surface area contributed by atoms with Gasteiger partial charge in [0, 0.05) is 13.1 Å². The molecule has 18 heavy (non-hydrogen) atoms. The second-order valence-electron chi connectivity index (χ2n) is 4.82. The van der Waals surface area contributed by atoms with Gasteiger partial charge in [-0.15, -0.1) is 0 Å². The van der Waals surface area contributed by atoms with Gasteiger partial charge in [0.2, 0.25) is 13.0 Å². The summed E-state index contributed by atoms with van der Waals surface area (Å²) in [6, 6.07) is -0.206. The highest BCUT2D eigenvalue weighted by atomic mass is 32.2. The van der Waals surface area contributed by atoms with Crippen LogP contribution in [0.4, 0.5) is 0 Å². The zero-order valence-electron chi connectivity index (χ0n) is 11.7. The Bertz CT molecular complexity index is 382. The molecule has 0 unspecified atom stereocenters. The fraction of sp³-hybridized carbons (Fsp3) is 0.727.